The third kappa shape index (κ3) is 2.64. The number of nitrogens with zero attached hydrogens (tertiary/aromatic N) is 2. The van der Waals surface area contributed by atoms with Crippen LogP contribution in [0.2, 0.25) is 0 Å². The van der Waals surface area contributed by atoms with Gasteiger partial charge in [-0.25, -0.2) is 0 Å². The van der Waals surface area contributed by atoms with Crippen molar-refractivity contribution in [2.45, 2.75) is 13.3 Å². The van der Waals surface area contributed by atoms with Gasteiger partial charge in [0.15, 0.2) is 0 Å². The van der Waals surface area contributed by atoms with Crippen molar-refractivity contribution < 1.29 is 4.92 Å². The number of nitro groups is 1. The number of benzene rings is 1. The van der Waals surface area contributed by atoms with Crippen LogP contribution in [0.4, 0.5) is 0 Å². The Morgan fingerprint density at radius 3 is 2.80 bits per heavy atom. The van der Waals surface area contributed by atoms with E-state index in [0.29, 0.717) is 17.5 Å². The van der Waals surface area contributed by atoms with E-state index in [1.54, 1.807) is 31.2 Å². The van der Waals surface area contributed by atoms with Crippen LogP contribution in [-0.4, -0.2) is 4.92 Å². The minimum absolute atomic E-state index is 0.109. The van der Waals surface area contributed by atoms with E-state index in [9.17, 15) is 10.1 Å². The fourth-order valence-electron chi connectivity index (χ4n) is 1.19. The highest BCUT2D eigenvalue weighted by Crippen LogP contribution is 2.14. The lowest BCUT2D eigenvalue weighted by molar-refractivity contribution is -0.425. The molecule has 0 aromatic heterocycles. The van der Waals surface area contributed by atoms with Gasteiger partial charge in [0.05, 0.1) is 16.6 Å². The first-order chi connectivity index (χ1) is 7.19. The Kier molecular flexibility index (Phi) is 3.58. The van der Waals surface area contributed by atoms with Crippen LogP contribution in [0, 0.1) is 21.4 Å². The molecule has 0 saturated carbocycles. The Morgan fingerprint density at radius 2 is 2.27 bits per heavy atom. The summed E-state index contributed by atoms with van der Waals surface area (Å²) in [4.78, 5) is 10.2. The molecular formula is C11H10N2O2. The van der Waals surface area contributed by atoms with Gasteiger partial charge in [0, 0.05) is 12.5 Å². The first-order valence-electron chi connectivity index (χ1n) is 4.53. The van der Waals surface area contributed by atoms with Crippen molar-refractivity contribution >= 4 is 6.08 Å². The SMILES string of the molecule is CC/C(=C/c1ccccc1C#N)[N+](=O)[O-]. The maximum atomic E-state index is 10.6. The zero-order chi connectivity index (χ0) is 11.3. The van der Waals surface area contributed by atoms with Crippen molar-refractivity contribution in [2.75, 3.05) is 0 Å². The largest absolute Gasteiger partial charge is 0.259 e. The van der Waals surface area contributed by atoms with E-state index in [4.69, 9.17) is 5.26 Å². The minimum atomic E-state index is -0.422. The summed E-state index contributed by atoms with van der Waals surface area (Å²) in [6.45, 7) is 1.71. The molecule has 0 aliphatic rings. The van der Waals surface area contributed by atoms with Crippen LogP contribution in [0.5, 0.6) is 0 Å². The number of hydrogen-bond acceptors (Lipinski definition) is 3. The molecule has 1 aromatic carbocycles. The summed E-state index contributed by atoms with van der Waals surface area (Å²) in [5.41, 5.74) is 1.15. The van der Waals surface area contributed by atoms with Crippen LogP contribution < -0.4 is 0 Å². The van der Waals surface area contributed by atoms with E-state index in [2.05, 4.69) is 0 Å². The fourth-order valence-corrected chi connectivity index (χ4v) is 1.19. The quantitative estimate of drug-likeness (QED) is 0.558. The average molecular weight is 202 g/mol. The lowest BCUT2D eigenvalue weighted by Gasteiger charge is -1.97. The van der Waals surface area contributed by atoms with E-state index in [0.717, 1.165) is 0 Å². The van der Waals surface area contributed by atoms with Gasteiger partial charge in [-0.3, -0.25) is 10.1 Å². The second-order valence-electron chi connectivity index (χ2n) is 2.95. The van der Waals surface area contributed by atoms with Crippen LogP contribution in [0.25, 0.3) is 6.08 Å². The van der Waals surface area contributed by atoms with E-state index in [1.165, 1.54) is 6.08 Å². The van der Waals surface area contributed by atoms with Gasteiger partial charge in [-0.15, -0.1) is 0 Å². The molecule has 0 atom stereocenters. The molecule has 0 radical (unpaired) electrons. The second-order valence-corrected chi connectivity index (χ2v) is 2.95. The molecule has 0 saturated heterocycles. The Hall–Kier alpha value is -2.15. The molecule has 4 heteroatoms. The molecule has 15 heavy (non-hydrogen) atoms. The lowest BCUT2D eigenvalue weighted by atomic mass is 10.1. The Labute approximate surface area is 87.6 Å². The molecule has 0 heterocycles. The van der Waals surface area contributed by atoms with Gasteiger partial charge in [-0.2, -0.15) is 5.26 Å². The predicted molar refractivity (Wildman–Crippen MR) is 56.4 cm³/mol. The highest BCUT2D eigenvalue weighted by atomic mass is 16.6. The summed E-state index contributed by atoms with van der Waals surface area (Å²) >= 11 is 0. The van der Waals surface area contributed by atoms with Gasteiger partial charge >= 0.3 is 0 Å². The van der Waals surface area contributed by atoms with Gasteiger partial charge in [0.25, 0.3) is 0 Å². The van der Waals surface area contributed by atoms with E-state index < -0.39 is 4.92 Å². The highest BCUT2D eigenvalue weighted by molar-refractivity contribution is 5.58. The highest BCUT2D eigenvalue weighted by Gasteiger charge is 2.08. The molecule has 0 fully saturated rings. The number of nitriles is 1. The topological polar surface area (TPSA) is 66.9 Å². The van der Waals surface area contributed by atoms with Crippen LogP contribution >= 0.6 is 0 Å². The summed E-state index contributed by atoms with van der Waals surface area (Å²) in [6, 6.07) is 8.81. The van der Waals surface area contributed by atoms with Crippen LogP contribution in [0.15, 0.2) is 30.0 Å². The smallest absolute Gasteiger partial charge is 0.246 e. The van der Waals surface area contributed by atoms with E-state index in [-0.39, 0.29) is 5.70 Å². The van der Waals surface area contributed by atoms with Crippen molar-refractivity contribution in [3.63, 3.8) is 0 Å². The Morgan fingerprint density at radius 1 is 1.60 bits per heavy atom. The van der Waals surface area contributed by atoms with Crippen molar-refractivity contribution in [2.24, 2.45) is 0 Å². The maximum Gasteiger partial charge on any atom is 0.246 e. The summed E-state index contributed by atoms with van der Waals surface area (Å²) in [5.74, 6) is 0. The Balaban J connectivity index is 3.18. The van der Waals surface area contributed by atoms with Crippen molar-refractivity contribution in [3.05, 3.63) is 51.2 Å². The summed E-state index contributed by atoms with van der Waals surface area (Å²) in [6.07, 6.45) is 1.78. The molecule has 4 nitrogen and oxygen atoms in total. The monoisotopic (exact) mass is 202 g/mol. The normalized spacial score (nSPS) is 10.8. The number of rotatable bonds is 3. The van der Waals surface area contributed by atoms with Gasteiger partial charge in [-0.1, -0.05) is 25.1 Å². The molecule has 0 bridgehead atoms. The number of allylic oxidation sites excluding steroid dienone is 1. The van der Waals surface area contributed by atoms with Crippen molar-refractivity contribution in [3.8, 4) is 6.07 Å². The van der Waals surface area contributed by atoms with Crippen molar-refractivity contribution in [1.29, 1.82) is 5.26 Å². The summed E-state index contributed by atoms with van der Waals surface area (Å²) in [7, 11) is 0. The maximum absolute atomic E-state index is 10.6. The Bertz CT molecular complexity index is 444. The third-order valence-electron chi connectivity index (χ3n) is 2.00. The van der Waals surface area contributed by atoms with Gasteiger partial charge in [0.1, 0.15) is 0 Å². The van der Waals surface area contributed by atoms with Gasteiger partial charge < -0.3 is 0 Å². The average Bonchev–Trinajstić information content (AvgIpc) is 2.25. The third-order valence-corrected chi connectivity index (χ3v) is 2.00. The van der Waals surface area contributed by atoms with E-state index in [1.807, 2.05) is 6.07 Å². The first kappa shape index (κ1) is 10.9. The summed E-state index contributed by atoms with van der Waals surface area (Å²) in [5, 5.41) is 19.4. The molecule has 76 valence electrons. The van der Waals surface area contributed by atoms with Crippen molar-refractivity contribution in [1.82, 2.24) is 0 Å². The molecule has 0 unspecified atom stereocenters. The zero-order valence-electron chi connectivity index (χ0n) is 8.30. The molecular weight excluding hydrogens is 192 g/mol. The molecule has 0 N–H and O–H groups in total. The second kappa shape index (κ2) is 4.91. The molecule has 0 amide bonds. The predicted octanol–water partition coefficient (Wildman–Crippen LogP) is 2.59. The van der Waals surface area contributed by atoms with Gasteiger partial charge in [-0.05, 0) is 11.6 Å². The lowest BCUT2D eigenvalue weighted by Crippen LogP contribution is -1.97. The number of hydrogen-bond donors (Lipinski definition) is 0. The summed E-state index contributed by atoms with van der Waals surface area (Å²) < 4.78 is 0. The van der Waals surface area contributed by atoms with Gasteiger partial charge in [0.2, 0.25) is 5.70 Å². The zero-order valence-corrected chi connectivity index (χ0v) is 8.30. The molecule has 0 aliphatic carbocycles. The standard InChI is InChI=1S/C11H10N2O2/c1-2-11(13(14)15)7-9-5-3-4-6-10(9)8-12/h3-7H,2H2,1H3/b11-7-. The first-order valence-corrected chi connectivity index (χ1v) is 4.53. The minimum Gasteiger partial charge on any atom is -0.259 e. The molecule has 1 aromatic rings. The van der Waals surface area contributed by atoms with Crippen LogP contribution in [0.3, 0.4) is 0 Å². The molecule has 0 spiro atoms. The molecule has 0 aliphatic heterocycles. The van der Waals surface area contributed by atoms with Crippen LogP contribution in [0.1, 0.15) is 24.5 Å². The van der Waals surface area contributed by atoms with E-state index >= 15 is 0 Å². The van der Waals surface area contributed by atoms with Crippen LogP contribution in [-0.2, 0) is 0 Å². The molecule has 1 rings (SSSR count). The fraction of sp³-hybridized carbons (Fsp3) is 0.182.